The van der Waals surface area contributed by atoms with Gasteiger partial charge in [-0.2, -0.15) is 8.78 Å². The predicted octanol–water partition coefficient (Wildman–Crippen LogP) is 1.10. The van der Waals surface area contributed by atoms with Crippen LogP contribution in [0.15, 0.2) is 29.2 Å². The van der Waals surface area contributed by atoms with Crippen molar-refractivity contribution in [2.75, 3.05) is 0 Å². The summed E-state index contributed by atoms with van der Waals surface area (Å²) in [5.41, 5.74) is -0.238. The first-order valence-corrected chi connectivity index (χ1v) is 5.27. The lowest BCUT2D eigenvalue weighted by molar-refractivity contribution is -0.0375. The molecule has 0 fully saturated rings. The number of benzene rings is 1. The van der Waals surface area contributed by atoms with Gasteiger partial charge >= 0.3 is 5.25 Å². The molecule has 0 spiro atoms. The molecular formula is C8H6F2O3S. The van der Waals surface area contributed by atoms with Crippen molar-refractivity contribution in [2.45, 2.75) is 16.3 Å². The number of fused-ring (bicyclic) bond motifs is 1. The molecule has 1 aliphatic rings. The van der Waals surface area contributed by atoms with Crippen LogP contribution in [0.5, 0.6) is 0 Å². The van der Waals surface area contributed by atoms with E-state index in [4.69, 9.17) is 5.11 Å². The van der Waals surface area contributed by atoms with Gasteiger partial charge in [0, 0.05) is 5.56 Å². The molecule has 1 aromatic carbocycles. The minimum atomic E-state index is -4.72. The zero-order chi connectivity index (χ0) is 10.6. The highest BCUT2D eigenvalue weighted by molar-refractivity contribution is 7.92. The van der Waals surface area contributed by atoms with Gasteiger partial charge in [0.15, 0.2) is 6.10 Å². The zero-order valence-corrected chi connectivity index (χ0v) is 7.63. The lowest BCUT2D eigenvalue weighted by atomic mass is 10.1. The molecule has 0 saturated carbocycles. The van der Waals surface area contributed by atoms with Gasteiger partial charge in [0.25, 0.3) is 0 Å². The number of aliphatic hydroxyl groups excluding tert-OH is 1. The molecule has 1 aromatic rings. The minimum Gasteiger partial charge on any atom is -0.381 e. The van der Waals surface area contributed by atoms with Crippen LogP contribution in [0.2, 0.25) is 0 Å². The van der Waals surface area contributed by atoms with Gasteiger partial charge in [-0.3, -0.25) is 0 Å². The number of alkyl halides is 2. The van der Waals surface area contributed by atoms with Crippen molar-refractivity contribution >= 4 is 9.84 Å². The molecular weight excluding hydrogens is 214 g/mol. The van der Waals surface area contributed by atoms with Crippen molar-refractivity contribution in [3.63, 3.8) is 0 Å². The normalized spacial score (nSPS) is 27.2. The lowest BCUT2D eigenvalue weighted by Gasteiger charge is -2.11. The Hall–Kier alpha value is -1.01. The summed E-state index contributed by atoms with van der Waals surface area (Å²) in [6, 6.07) is 4.98. The van der Waals surface area contributed by atoms with Gasteiger partial charge in [-0.05, 0) is 6.07 Å². The van der Waals surface area contributed by atoms with Crippen LogP contribution in [0, 0.1) is 0 Å². The molecule has 0 saturated heterocycles. The number of halogens is 2. The summed E-state index contributed by atoms with van der Waals surface area (Å²) >= 11 is 0. The van der Waals surface area contributed by atoms with Gasteiger partial charge in [0.1, 0.15) is 0 Å². The molecule has 0 amide bonds. The van der Waals surface area contributed by atoms with E-state index in [-0.39, 0.29) is 5.56 Å². The van der Waals surface area contributed by atoms with Crippen LogP contribution in [0.4, 0.5) is 8.78 Å². The zero-order valence-electron chi connectivity index (χ0n) is 6.81. The Morgan fingerprint density at radius 3 is 2.43 bits per heavy atom. The van der Waals surface area contributed by atoms with E-state index in [0.717, 1.165) is 6.07 Å². The van der Waals surface area contributed by atoms with E-state index in [1.807, 2.05) is 0 Å². The van der Waals surface area contributed by atoms with Gasteiger partial charge in [0.05, 0.1) is 4.90 Å². The van der Waals surface area contributed by atoms with Crippen molar-refractivity contribution in [3.05, 3.63) is 29.8 Å². The number of hydrogen-bond donors (Lipinski definition) is 1. The second-order valence-electron chi connectivity index (χ2n) is 3.01. The number of rotatable bonds is 0. The van der Waals surface area contributed by atoms with Crippen molar-refractivity contribution in [2.24, 2.45) is 0 Å². The average Bonchev–Trinajstić information content (AvgIpc) is 2.27. The third-order valence-electron chi connectivity index (χ3n) is 2.18. The van der Waals surface area contributed by atoms with Crippen LogP contribution in [-0.4, -0.2) is 18.8 Å². The molecule has 1 aliphatic heterocycles. The molecule has 1 atom stereocenters. The van der Waals surface area contributed by atoms with Crippen LogP contribution >= 0.6 is 0 Å². The van der Waals surface area contributed by atoms with E-state index in [2.05, 4.69) is 0 Å². The number of sulfone groups is 1. The third-order valence-corrected chi connectivity index (χ3v) is 4.07. The first-order valence-electron chi connectivity index (χ1n) is 3.78. The maximum atomic E-state index is 13.1. The highest BCUT2D eigenvalue weighted by atomic mass is 32.2. The van der Waals surface area contributed by atoms with E-state index >= 15 is 0 Å². The molecule has 6 heteroatoms. The predicted molar refractivity (Wildman–Crippen MR) is 43.5 cm³/mol. The smallest absolute Gasteiger partial charge is 0.379 e. The highest BCUT2D eigenvalue weighted by Gasteiger charge is 2.60. The van der Waals surface area contributed by atoms with E-state index in [1.54, 1.807) is 0 Å². The summed E-state index contributed by atoms with van der Waals surface area (Å²) in [7, 11) is -4.72. The Morgan fingerprint density at radius 2 is 1.86 bits per heavy atom. The van der Waals surface area contributed by atoms with Crippen LogP contribution in [-0.2, 0) is 9.84 Å². The topological polar surface area (TPSA) is 54.4 Å². The Kier molecular flexibility index (Phi) is 1.71. The summed E-state index contributed by atoms with van der Waals surface area (Å²) < 4.78 is 48.6. The van der Waals surface area contributed by atoms with Crippen molar-refractivity contribution in [1.29, 1.82) is 0 Å². The van der Waals surface area contributed by atoms with Crippen molar-refractivity contribution in [3.8, 4) is 0 Å². The third kappa shape index (κ3) is 0.896. The van der Waals surface area contributed by atoms with Crippen LogP contribution in [0.1, 0.15) is 11.7 Å². The van der Waals surface area contributed by atoms with Gasteiger partial charge < -0.3 is 5.11 Å². The van der Waals surface area contributed by atoms with Gasteiger partial charge in [-0.1, -0.05) is 18.2 Å². The summed E-state index contributed by atoms with van der Waals surface area (Å²) in [6.45, 7) is 0. The second-order valence-corrected chi connectivity index (χ2v) is 5.00. The fourth-order valence-corrected chi connectivity index (χ4v) is 2.89. The fourth-order valence-electron chi connectivity index (χ4n) is 1.43. The SMILES string of the molecule is O=S1(=O)c2ccccc2C(O)C1(F)F. The molecule has 0 aromatic heterocycles. The fraction of sp³-hybridized carbons (Fsp3) is 0.250. The molecule has 0 bridgehead atoms. The van der Waals surface area contributed by atoms with E-state index in [9.17, 15) is 17.2 Å². The number of aliphatic hydroxyl groups is 1. The Morgan fingerprint density at radius 1 is 1.29 bits per heavy atom. The second kappa shape index (κ2) is 2.52. The molecule has 2 rings (SSSR count). The molecule has 76 valence electrons. The minimum absolute atomic E-state index is 0.238. The lowest BCUT2D eigenvalue weighted by Crippen LogP contribution is -2.28. The molecule has 1 heterocycles. The number of hydrogen-bond acceptors (Lipinski definition) is 3. The maximum Gasteiger partial charge on any atom is 0.379 e. The molecule has 3 nitrogen and oxygen atoms in total. The highest BCUT2D eigenvalue weighted by Crippen LogP contribution is 2.48. The van der Waals surface area contributed by atoms with Crippen LogP contribution in [0.25, 0.3) is 0 Å². The van der Waals surface area contributed by atoms with Crippen molar-refractivity contribution < 1.29 is 22.3 Å². The first-order chi connectivity index (χ1) is 6.39. The first kappa shape index (κ1) is 9.54. The molecule has 14 heavy (non-hydrogen) atoms. The Labute approximate surface area is 78.9 Å². The van der Waals surface area contributed by atoms with Gasteiger partial charge in [-0.25, -0.2) is 8.42 Å². The average molecular weight is 220 g/mol. The molecule has 0 aliphatic carbocycles. The largest absolute Gasteiger partial charge is 0.381 e. The quantitative estimate of drug-likeness (QED) is 0.712. The standard InChI is InChI=1S/C8H6F2O3S/c9-8(10)7(11)5-3-1-2-4-6(5)14(8,12)13/h1-4,7,11H. The summed E-state index contributed by atoms with van der Waals surface area (Å²) in [4.78, 5) is -0.488. The van der Waals surface area contributed by atoms with Crippen LogP contribution in [0.3, 0.4) is 0 Å². The molecule has 0 radical (unpaired) electrons. The summed E-state index contributed by atoms with van der Waals surface area (Å²) in [5.74, 6) is 0. The van der Waals surface area contributed by atoms with Gasteiger partial charge in [-0.15, -0.1) is 0 Å². The maximum absolute atomic E-state index is 13.1. The monoisotopic (exact) mass is 220 g/mol. The van der Waals surface area contributed by atoms with E-state index < -0.39 is 26.1 Å². The molecule has 1 N–H and O–H groups in total. The summed E-state index contributed by atoms with van der Waals surface area (Å²) in [6.07, 6.45) is -2.26. The molecule has 1 unspecified atom stereocenters. The van der Waals surface area contributed by atoms with E-state index in [0.29, 0.717) is 0 Å². The van der Waals surface area contributed by atoms with E-state index in [1.165, 1.54) is 18.2 Å². The Balaban J connectivity index is 2.81. The van der Waals surface area contributed by atoms with Crippen LogP contribution < -0.4 is 0 Å². The van der Waals surface area contributed by atoms with Gasteiger partial charge in [0.2, 0.25) is 9.84 Å². The Bertz CT molecular complexity index is 481. The summed E-state index contributed by atoms with van der Waals surface area (Å²) in [5, 5.41) is 5.00. The van der Waals surface area contributed by atoms with Crippen molar-refractivity contribution in [1.82, 2.24) is 0 Å².